The summed E-state index contributed by atoms with van der Waals surface area (Å²) in [5, 5.41) is 2.99. The number of nitrogens with zero attached hydrogens (tertiary/aromatic N) is 1. The first-order chi connectivity index (χ1) is 13.6. The maximum atomic E-state index is 13.0. The van der Waals surface area contributed by atoms with Gasteiger partial charge in [-0.2, -0.15) is 0 Å². The van der Waals surface area contributed by atoms with Crippen LogP contribution in [-0.2, 0) is 0 Å². The second-order valence-corrected chi connectivity index (χ2v) is 6.69. The van der Waals surface area contributed by atoms with Crippen molar-refractivity contribution in [2.24, 2.45) is 0 Å². The Kier molecular flexibility index (Phi) is 6.13. The predicted octanol–water partition coefficient (Wildman–Crippen LogP) is 3.54. The van der Waals surface area contributed by atoms with E-state index in [4.69, 9.17) is 19.9 Å². The molecule has 0 aliphatic carbocycles. The van der Waals surface area contributed by atoms with Crippen molar-refractivity contribution < 1.29 is 19.0 Å². The van der Waals surface area contributed by atoms with Crippen molar-refractivity contribution in [1.82, 2.24) is 0 Å². The Morgan fingerprint density at radius 1 is 0.964 bits per heavy atom. The van der Waals surface area contributed by atoms with Gasteiger partial charge in [-0.05, 0) is 49.6 Å². The molecule has 1 saturated heterocycles. The van der Waals surface area contributed by atoms with Crippen LogP contribution in [0.2, 0.25) is 0 Å². The molecule has 1 amide bonds. The Morgan fingerprint density at radius 3 is 2.18 bits per heavy atom. The summed E-state index contributed by atoms with van der Waals surface area (Å²) in [6.07, 6.45) is 3.52. The van der Waals surface area contributed by atoms with Crippen LogP contribution in [0.15, 0.2) is 30.3 Å². The van der Waals surface area contributed by atoms with Crippen LogP contribution in [0, 0.1) is 0 Å². The zero-order valence-corrected chi connectivity index (χ0v) is 16.6. The normalized spacial score (nSPS) is 13.8. The molecule has 150 valence electrons. The lowest BCUT2D eigenvalue weighted by Crippen LogP contribution is -2.30. The van der Waals surface area contributed by atoms with Gasteiger partial charge < -0.3 is 30.2 Å². The number of nitrogen functional groups attached to an aromatic ring is 1. The molecule has 2 aromatic carbocycles. The number of amides is 1. The molecular weight excluding hydrogens is 358 g/mol. The number of benzene rings is 2. The van der Waals surface area contributed by atoms with Crippen molar-refractivity contribution in [3.05, 3.63) is 35.9 Å². The Morgan fingerprint density at radius 2 is 1.61 bits per heavy atom. The first-order valence-corrected chi connectivity index (χ1v) is 9.33. The van der Waals surface area contributed by atoms with Crippen molar-refractivity contribution >= 4 is 23.0 Å². The van der Waals surface area contributed by atoms with Gasteiger partial charge in [-0.1, -0.05) is 0 Å². The minimum absolute atomic E-state index is 0.275. The van der Waals surface area contributed by atoms with E-state index in [0.29, 0.717) is 34.2 Å². The number of carbonyl (C=O) groups is 1. The van der Waals surface area contributed by atoms with E-state index in [9.17, 15) is 4.79 Å². The van der Waals surface area contributed by atoms with Gasteiger partial charge in [0.1, 0.15) is 0 Å². The maximum absolute atomic E-state index is 13.0. The summed E-state index contributed by atoms with van der Waals surface area (Å²) in [7, 11) is 4.56. The van der Waals surface area contributed by atoms with Crippen LogP contribution in [0.25, 0.3) is 0 Å². The van der Waals surface area contributed by atoms with Gasteiger partial charge in [-0.15, -0.1) is 0 Å². The van der Waals surface area contributed by atoms with Crippen molar-refractivity contribution in [1.29, 1.82) is 0 Å². The van der Waals surface area contributed by atoms with E-state index in [2.05, 4.69) is 10.2 Å². The topological polar surface area (TPSA) is 86.0 Å². The summed E-state index contributed by atoms with van der Waals surface area (Å²) in [5.41, 5.74) is 8.65. The number of rotatable bonds is 6. The van der Waals surface area contributed by atoms with Crippen molar-refractivity contribution in [2.45, 2.75) is 19.3 Å². The Bertz CT molecular complexity index is 823. The van der Waals surface area contributed by atoms with Gasteiger partial charge in [0.2, 0.25) is 5.75 Å². The third kappa shape index (κ3) is 4.08. The Hall–Kier alpha value is -3.09. The average molecular weight is 385 g/mol. The lowest BCUT2D eigenvalue weighted by molar-refractivity contribution is 0.102. The molecule has 0 unspecified atom stereocenters. The number of nitrogens with two attached hydrogens (primary N) is 1. The average Bonchev–Trinajstić information content (AvgIpc) is 2.73. The highest BCUT2D eigenvalue weighted by atomic mass is 16.5. The molecule has 7 nitrogen and oxygen atoms in total. The minimum atomic E-state index is -0.275. The summed E-state index contributed by atoms with van der Waals surface area (Å²) in [5.74, 6) is 1.02. The quantitative estimate of drug-likeness (QED) is 0.740. The molecule has 28 heavy (non-hydrogen) atoms. The lowest BCUT2D eigenvalue weighted by atomic mass is 10.1. The second kappa shape index (κ2) is 8.73. The van der Waals surface area contributed by atoms with Gasteiger partial charge in [0.05, 0.1) is 32.7 Å². The predicted molar refractivity (Wildman–Crippen MR) is 111 cm³/mol. The summed E-state index contributed by atoms with van der Waals surface area (Å²) in [4.78, 5) is 15.3. The number of anilines is 3. The molecule has 0 atom stereocenters. The van der Waals surface area contributed by atoms with Gasteiger partial charge in [0.15, 0.2) is 11.5 Å². The van der Waals surface area contributed by atoms with Gasteiger partial charge in [-0.3, -0.25) is 4.79 Å². The van der Waals surface area contributed by atoms with Gasteiger partial charge in [-0.25, -0.2) is 0 Å². The Labute approximate surface area is 165 Å². The number of nitrogens with one attached hydrogen (secondary N) is 1. The van der Waals surface area contributed by atoms with Gasteiger partial charge in [0, 0.05) is 24.3 Å². The number of ether oxygens (including phenoxy) is 3. The largest absolute Gasteiger partial charge is 0.493 e. The minimum Gasteiger partial charge on any atom is -0.493 e. The molecule has 0 aromatic heterocycles. The zero-order valence-electron chi connectivity index (χ0n) is 16.6. The van der Waals surface area contributed by atoms with Crippen LogP contribution in [0.3, 0.4) is 0 Å². The van der Waals surface area contributed by atoms with E-state index in [0.717, 1.165) is 31.6 Å². The number of piperidine rings is 1. The fourth-order valence-corrected chi connectivity index (χ4v) is 3.47. The molecule has 3 rings (SSSR count). The van der Waals surface area contributed by atoms with E-state index in [-0.39, 0.29) is 5.91 Å². The SMILES string of the molecule is COc1cc(C(=O)Nc2cc(N)ccc2N2CCCCC2)cc(OC)c1OC. The molecule has 0 spiro atoms. The van der Waals surface area contributed by atoms with Crippen LogP contribution in [0.4, 0.5) is 17.1 Å². The zero-order chi connectivity index (χ0) is 20.1. The number of hydrogen-bond donors (Lipinski definition) is 2. The number of hydrogen-bond acceptors (Lipinski definition) is 6. The smallest absolute Gasteiger partial charge is 0.255 e. The van der Waals surface area contributed by atoms with Crippen LogP contribution >= 0.6 is 0 Å². The van der Waals surface area contributed by atoms with Crippen LogP contribution in [-0.4, -0.2) is 40.3 Å². The summed E-state index contributed by atoms with van der Waals surface area (Å²) in [6.45, 7) is 1.94. The van der Waals surface area contributed by atoms with Crippen molar-refractivity contribution in [3.8, 4) is 17.2 Å². The first kappa shape index (κ1) is 19.7. The van der Waals surface area contributed by atoms with E-state index >= 15 is 0 Å². The molecule has 1 heterocycles. The highest BCUT2D eigenvalue weighted by Gasteiger charge is 2.20. The fourth-order valence-electron chi connectivity index (χ4n) is 3.47. The molecule has 0 saturated carbocycles. The summed E-state index contributed by atoms with van der Waals surface area (Å²) in [6, 6.07) is 8.87. The molecule has 0 bridgehead atoms. The fraction of sp³-hybridized carbons (Fsp3) is 0.381. The standard InChI is InChI=1S/C21H27N3O4/c1-26-18-11-14(12-19(27-2)20(18)28-3)21(25)23-16-13-15(22)7-8-17(16)24-9-5-4-6-10-24/h7-8,11-13H,4-6,9-10,22H2,1-3H3,(H,23,25). The molecule has 1 aliphatic rings. The highest BCUT2D eigenvalue weighted by molar-refractivity contribution is 6.07. The molecular formula is C21H27N3O4. The lowest BCUT2D eigenvalue weighted by Gasteiger charge is -2.30. The molecule has 0 radical (unpaired) electrons. The maximum Gasteiger partial charge on any atom is 0.255 e. The number of carbonyl (C=O) groups excluding carboxylic acids is 1. The highest BCUT2D eigenvalue weighted by Crippen LogP contribution is 2.38. The van der Waals surface area contributed by atoms with E-state index < -0.39 is 0 Å². The molecule has 7 heteroatoms. The van der Waals surface area contributed by atoms with Gasteiger partial charge >= 0.3 is 0 Å². The third-order valence-electron chi connectivity index (χ3n) is 4.89. The van der Waals surface area contributed by atoms with Crippen LogP contribution < -0.4 is 30.2 Å². The summed E-state index contributed by atoms with van der Waals surface area (Å²) >= 11 is 0. The van der Waals surface area contributed by atoms with Crippen LogP contribution in [0.1, 0.15) is 29.6 Å². The monoisotopic (exact) mass is 385 g/mol. The van der Waals surface area contributed by atoms with Crippen LogP contribution in [0.5, 0.6) is 17.2 Å². The third-order valence-corrected chi connectivity index (χ3v) is 4.89. The molecule has 3 N–H and O–H groups in total. The molecule has 1 aliphatic heterocycles. The molecule has 1 fully saturated rings. The summed E-state index contributed by atoms with van der Waals surface area (Å²) < 4.78 is 16.0. The van der Waals surface area contributed by atoms with Crippen molar-refractivity contribution in [2.75, 3.05) is 50.4 Å². The van der Waals surface area contributed by atoms with E-state index in [1.807, 2.05) is 12.1 Å². The number of methoxy groups -OCH3 is 3. The van der Waals surface area contributed by atoms with E-state index in [1.165, 1.54) is 27.8 Å². The molecule has 2 aromatic rings. The Balaban J connectivity index is 1.92. The van der Waals surface area contributed by atoms with Crippen molar-refractivity contribution in [3.63, 3.8) is 0 Å². The first-order valence-electron chi connectivity index (χ1n) is 9.33. The van der Waals surface area contributed by atoms with E-state index in [1.54, 1.807) is 18.2 Å². The van der Waals surface area contributed by atoms with Gasteiger partial charge in [0.25, 0.3) is 5.91 Å². The second-order valence-electron chi connectivity index (χ2n) is 6.69.